The molecule has 1 aromatic carbocycles. The van der Waals surface area contributed by atoms with Crippen LogP contribution in [0.5, 0.6) is 0 Å². The number of pyridine rings is 1. The second-order valence-electron chi connectivity index (χ2n) is 4.65. The largest absolute Gasteiger partial charge is 0.478 e. The average molecular weight is 267 g/mol. The Bertz CT molecular complexity index is 793. The number of nitrogens with zero attached hydrogens (tertiary/aromatic N) is 3. The number of carboxylic acids is 1. The lowest BCUT2D eigenvalue weighted by atomic mass is 10.2. The number of aromatic carboxylic acids is 1. The molecule has 0 aliphatic rings. The fraction of sp³-hybridized carbons (Fsp3) is 0.133. The zero-order valence-electron chi connectivity index (χ0n) is 10.9. The van der Waals surface area contributed by atoms with Gasteiger partial charge in [0.15, 0.2) is 0 Å². The predicted molar refractivity (Wildman–Crippen MR) is 74.8 cm³/mol. The molecule has 0 saturated heterocycles. The van der Waals surface area contributed by atoms with Gasteiger partial charge in [0.25, 0.3) is 0 Å². The van der Waals surface area contributed by atoms with Crippen LogP contribution in [0.25, 0.3) is 11.0 Å². The van der Waals surface area contributed by atoms with Gasteiger partial charge in [0.1, 0.15) is 0 Å². The Morgan fingerprint density at radius 3 is 2.90 bits per heavy atom. The Balaban J connectivity index is 1.98. The van der Waals surface area contributed by atoms with Crippen molar-refractivity contribution in [2.24, 2.45) is 0 Å². The maximum absolute atomic E-state index is 10.9. The van der Waals surface area contributed by atoms with Crippen LogP contribution in [0.1, 0.15) is 21.7 Å². The number of hydrogen-bond acceptors (Lipinski definition) is 3. The van der Waals surface area contributed by atoms with Crippen molar-refractivity contribution < 1.29 is 9.90 Å². The number of rotatable bonds is 3. The summed E-state index contributed by atoms with van der Waals surface area (Å²) >= 11 is 0. The van der Waals surface area contributed by atoms with Gasteiger partial charge in [-0.25, -0.2) is 9.78 Å². The van der Waals surface area contributed by atoms with Crippen molar-refractivity contribution in [3.05, 3.63) is 59.7 Å². The van der Waals surface area contributed by atoms with Gasteiger partial charge in [0.05, 0.1) is 35.2 Å². The fourth-order valence-electron chi connectivity index (χ4n) is 2.18. The van der Waals surface area contributed by atoms with Crippen LogP contribution in [0.3, 0.4) is 0 Å². The summed E-state index contributed by atoms with van der Waals surface area (Å²) in [5.74, 6) is -0.943. The molecule has 3 aromatic rings. The lowest BCUT2D eigenvalue weighted by molar-refractivity contribution is 0.0697. The van der Waals surface area contributed by atoms with Crippen LogP contribution < -0.4 is 0 Å². The minimum absolute atomic E-state index is 0.247. The molecule has 2 aromatic heterocycles. The molecule has 0 unspecified atom stereocenters. The molecule has 0 bridgehead atoms. The van der Waals surface area contributed by atoms with Crippen LogP contribution in [-0.2, 0) is 6.54 Å². The molecule has 3 rings (SSSR count). The average Bonchev–Trinajstić information content (AvgIpc) is 2.81. The number of fused-ring (bicyclic) bond motifs is 1. The maximum Gasteiger partial charge on any atom is 0.335 e. The zero-order valence-corrected chi connectivity index (χ0v) is 10.9. The molecule has 0 spiro atoms. The predicted octanol–water partition coefficient (Wildman–Crippen LogP) is 2.49. The molecule has 0 radical (unpaired) electrons. The summed E-state index contributed by atoms with van der Waals surface area (Å²) in [5.41, 5.74) is 3.75. The van der Waals surface area contributed by atoms with Gasteiger partial charge in [0, 0.05) is 5.69 Å². The fourth-order valence-corrected chi connectivity index (χ4v) is 2.18. The smallest absolute Gasteiger partial charge is 0.335 e. The number of aryl methyl sites for hydroxylation is 1. The SMILES string of the molecule is Cc1cccc(Cn2cnc3cc(C(=O)O)ccc32)n1. The summed E-state index contributed by atoms with van der Waals surface area (Å²) in [7, 11) is 0. The second-order valence-corrected chi connectivity index (χ2v) is 4.65. The molecule has 5 heteroatoms. The third kappa shape index (κ3) is 2.25. The molecule has 0 aliphatic heterocycles. The summed E-state index contributed by atoms with van der Waals surface area (Å²) in [5, 5.41) is 8.97. The van der Waals surface area contributed by atoms with Gasteiger partial charge in [-0.15, -0.1) is 0 Å². The Morgan fingerprint density at radius 1 is 1.30 bits per heavy atom. The van der Waals surface area contributed by atoms with Crippen molar-refractivity contribution in [3.8, 4) is 0 Å². The first-order chi connectivity index (χ1) is 9.63. The molecule has 0 saturated carbocycles. The van der Waals surface area contributed by atoms with Crippen LogP contribution in [-0.4, -0.2) is 25.6 Å². The van der Waals surface area contributed by atoms with Crippen LogP contribution in [0, 0.1) is 6.92 Å². The van der Waals surface area contributed by atoms with Crippen molar-refractivity contribution in [2.75, 3.05) is 0 Å². The van der Waals surface area contributed by atoms with Gasteiger partial charge in [-0.05, 0) is 37.3 Å². The molecule has 0 fully saturated rings. The summed E-state index contributed by atoms with van der Waals surface area (Å²) in [4.78, 5) is 19.6. The quantitative estimate of drug-likeness (QED) is 0.791. The number of hydrogen-bond donors (Lipinski definition) is 1. The van der Waals surface area contributed by atoms with E-state index in [1.165, 1.54) is 0 Å². The van der Waals surface area contributed by atoms with E-state index < -0.39 is 5.97 Å². The molecular weight excluding hydrogens is 254 g/mol. The highest BCUT2D eigenvalue weighted by Gasteiger charge is 2.08. The minimum Gasteiger partial charge on any atom is -0.478 e. The number of benzene rings is 1. The van der Waals surface area contributed by atoms with Gasteiger partial charge >= 0.3 is 5.97 Å². The highest BCUT2D eigenvalue weighted by molar-refractivity contribution is 5.92. The number of imidazole rings is 1. The Kier molecular flexibility index (Phi) is 2.95. The zero-order chi connectivity index (χ0) is 14.1. The standard InChI is InChI=1S/C15H13N3O2/c1-10-3-2-4-12(17-10)8-18-9-16-13-7-11(15(19)20)5-6-14(13)18/h2-7,9H,8H2,1H3,(H,19,20). The van der Waals surface area contributed by atoms with E-state index in [1.807, 2.05) is 29.7 Å². The van der Waals surface area contributed by atoms with Crippen LogP contribution in [0.15, 0.2) is 42.7 Å². The molecule has 0 aliphatic carbocycles. The van der Waals surface area contributed by atoms with Crippen LogP contribution in [0.2, 0.25) is 0 Å². The summed E-state index contributed by atoms with van der Waals surface area (Å²) in [6.45, 7) is 2.57. The minimum atomic E-state index is -0.943. The van der Waals surface area contributed by atoms with E-state index in [-0.39, 0.29) is 5.56 Å². The highest BCUT2D eigenvalue weighted by Crippen LogP contribution is 2.16. The summed E-state index contributed by atoms with van der Waals surface area (Å²) < 4.78 is 1.96. The molecule has 100 valence electrons. The molecule has 2 heterocycles. The topological polar surface area (TPSA) is 68.0 Å². The van der Waals surface area contributed by atoms with Gasteiger partial charge in [-0.1, -0.05) is 6.07 Å². The van der Waals surface area contributed by atoms with E-state index in [0.29, 0.717) is 12.1 Å². The second kappa shape index (κ2) is 4.77. The Labute approximate surface area is 115 Å². The van der Waals surface area contributed by atoms with Crippen molar-refractivity contribution >= 4 is 17.0 Å². The molecule has 20 heavy (non-hydrogen) atoms. The molecule has 1 N–H and O–H groups in total. The van der Waals surface area contributed by atoms with E-state index in [1.54, 1.807) is 24.5 Å². The maximum atomic E-state index is 10.9. The first kappa shape index (κ1) is 12.3. The van der Waals surface area contributed by atoms with Crippen molar-refractivity contribution in [1.82, 2.24) is 14.5 Å². The number of carboxylic acid groups (broad SMARTS) is 1. The van der Waals surface area contributed by atoms with Gasteiger partial charge in [0.2, 0.25) is 0 Å². The lowest BCUT2D eigenvalue weighted by Crippen LogP contribution is -2.01. The van der Waals surface area contributed by atoms with Crippen molar-refractivity contribution in [1.29, 1.82) is 0 Å². The number of aromatic nitrogens is 3. The lowest BCUT2D eigenvalue weighted by Gasteiger charge is -2.05. The number of carbonyl (C=O) groups is 1. The third-order valence-electron chi connectivity index (χ3n) is 3.15. The molecule has 5 nitrogen and oxygen atoms in total. The first-order valence-corrected chi connectivity index (χ1v) is 6.24. The van der Waals surface area contributed by atoms with Gasteiger partial charge in [-0.2, -0.15) is 0 Å². The van der Waals surface area contributed by atoms with Crippen molar-refractivity contribution in [2.45, 2.75) is 13.5 Å². The van der Waals surface area contributed by atoms with Gasteiger partial charge in [-0.3, -0.25) is 4.98 Å². The summed E-state index contributed by atoms with van der Waals surface area (Å²) in [6.07, 6.45) is 1.71. The molecular formula is C15H13N3O2. The van der Waals surface area contributed by atoms with Crippen LogP contribution in [0.4, 0.5) is 0 Å². The van der Waals surface area contributed by atoms with E-state index in [2.05, 4.69) is 9.97 Å². The van der Waals surface area contributed by atoms with Gasteiger partial charge < -0.3 is 9.67 Å². The molecule has 0 atom stereocenters. The molecule has 0 amide bonds. The van der Waals surface area contributed by atoms with E-state index in [0.717, 1.165) is 16.9 Å². The Hall–Kier alpha value is -2.69. The van der Waals surface area contributed by atoms with E-state index >= 15 is 0 Å². The first-order valence-electron chi connectivity index (χ1n) is 6.24. The monoisotopic (exact) mass is 267 g/mol. The highest BCUT2D eigenvalue weighted by atomic mass is 16.4. The normalized spacial score (nSPS) is 10.8. The van der Waals surface area contributed by atoms with E-state index in [9.17, 15) is 4.79 Å². The van der Waals surface area contributed by atoms with Crippen molar-refractivity contribution in [3.63, 3.8) is 0 Å². The third-order valence-corrected chi connectivity index (χ3v) is 3.15. The van der Waals surface area contributed by atoms with E-state index in [4.69, 9.17) is 5.11 Å². The Morgan fingerprint density at radius 2 is 2.15 bits per heavy atom. The van der Waals surface area contributed by atoms with Crippen LogP contribution >= 0.6 is 0 Å². The summed E-state index contributed by atoms with van der Waals surface area (Å²) in [6, 6.07) is 10.8.